The largest absolute Gasteiger partial charge is 0.484 e. The van der Waals surface area contributed by atoms with Gasteiger partial charge in [-0.15, -0.1) is 0 Å². The first-order chi connectivity index (χ1) is 11.2. The smallest absolute Gasteiger partial charge is 0.276 e. The number of rotatable bonds is 6. The average molecular weight is 313 g/mol. The standard InChI is InChI=1S/C15H15N5O3/c1-2-20-12(7-8-17-20)15-18-14(19-23-15)10-3-5-11(6-4-10)22-9-13(16)21/h3-8H,2,9H2,1H3,(H2,16,21). The van der Waals surface area contributed by atoms with Crippen LogP contribution in [0.4, 0.5) is 0 Å². The van der Waals surface area contributed by atoms with E-state index >= 15 is 0 Å². The lowest BCUT2D eigenvalue weighted by Gasteiger charge is -2.03. The molecule has 0 saturated carbocycles. The second kappa shape index (κ2) is 6.30. The van der Waals surface area contributed by atoms with Crippen molar-refractivity contribution in [2.45, 2.75) is 13.5 Å². The van der Waals surface area contributed by atoms with Crippen molar-refractivity contribution in [1.82, 2.24) is 19.9 Å². The third kappa shape index (κ3) is 3.20. The molecule has 3 aromatic rings. The van der Waals surface area contributed by atoms with Gasteiger partial charge in [0.05, 0.1) is 0 Å². The van der Waals surface area contributed by atoms with Crippen molar-refractivity contribution in [1.29, 1.82) is 0 Å². The molecule has 1 amide bonds. The lowest BCUT2D eigenvalue weighted by atomic mass is 10.2. The molecule has 0 aliphatic carbocycles. The van der Waals surface area contributed by atoms with Crippen LogP contribution in [-0.4, -0.2) is 32.4 Å². The Hall–Kier alpha value is -3.16. The van der Waals surface area contributed by atoms with E-state index in [1.807, 2.05) is 13.0 Å². The Morgan fingerprint density at radius 3 is 2.78 bits per heavy atom. The number of benzene rings is 1. The Kier molecular flexibility index (Phi) is 4.05. The highest BCUT2D eigenvalue weighted by Gasteiger charge is 2.14. The van der Waals surface area contributed by atoms with Crippen LogP contribution < -0.4 is 10.5 Å². The van der Waals surface area contributed by atoms with Crippen LogP contribution in [0.15, 0.2) is 41.1 Å². The Balaban J connectivity index is 1.79. The van der Waals surface area contributed by atoms with E-state index < -0.39 is 5.91 Å². The predicted molar refractivity (Wildman–Crippen MR) is 81.3 cm³/mol. The SMILES string of the molecule is CCn1nccc1-c1nc(-c2ccc(OCC(N)=O)cc2)no1. The van der Waals surface area contributed by atoms with E-state index in [0.717, 1.165) is 11.3 Å². The summed E-state index contributed by atoms with van der Waals surface area (Å²) in [4.78, 5) is 15.1. The summed E-state index contributed by atoms with van der Waals surface area (Å²) in [5, 5.41) is 8.15. The number of carbonyl (C=O) groups is 1. The summed E-state index contributed by atoms with van der Waals surface area (Å²) < 4.78 is 12.3. The van der Waals surface area contributed by atoms with Gasteiger partial charge in [0, 0.05) is 18.3 Å². The third-order valence-corrected chi connectivity index (χ3v) is 3.15. The van der Waals surface area contributed by atoms with Crippen molar-refractivity contribution < 1.29 is 14.1 Å². The summed E-state index contributed by atoms with van der Waals surface area (Å²) in [7, 11) is 0. The molecule has 0 aliphatic rings. The fourth-order valence-corrected chi connectivity index (χ4v) is 2.07. The van der Waals surface area contributed by atoms with E-state index in [4.69, 9.17) is 15.0 Å². The molecule has 23 heavy (non-hydrogen) atoms. The molecule has 0 atom stereocenters. The first-order valence-corrected chi connectivity index (χ1v) is 7.05. The zero-order valence-corrected chi connectivity index (χ0v) is 12.5. The van der Waals surface area contributed by atoms with Gasteiger partial charge >= 0.3 is 0 Å². The number of ether oxygens (including phenoxy) is 1. The minimum Gasteiger partial charge on any atom is -0.484 e. The maximum Gasteiger partial charge on any atom is 0.276 e. The predicted octanol–water partition coefficient (Wildman–Crippen LogP) is 1.48. The normalized spacial score (nSPS) is 10.7. The van der Waals surface area contributed by atoms with Gasteiger partial charge in [-0.2, -0.15) is 10.1 Å². The Morgan fingerprint density at radius 1 is 1.30 bits per heavy atom. The number of aryl methyl sites for hydroxylation is 1. The number of amides is 1. The number of nitrogens with two attached hydrogens (primary N) is 1. The molecule has 8 heteroatoms. The van der Waals surface area contributed by atoms with E-state index in [1.165, 1.54) is 0 Å². The summed E-state index contributed by atoms with van der Waals surface area (Å²) >= 11 is 0. The molecule has 2 heterocycles. The van der Waals surface area contributed by atoms with E-state index in [1.54, 1.807) is 35.1 Å². The Labute approximate surface area is 131 Å². The summed E-state index contributed by atoms with van der Waals surface area (Å²) in [6.07, 6.45) is 1.69. The molecule has 0 unspecified atom stereocenters. The zero-order valence-electron chi connectivity index (χ0n) is 12.5. The lowest BCUT2D eigenvalue weighted by Crippen LogP contribution is -2.19. The molecule has 0 fully saturated rings. The maximum atomic E-state index is 10.7. The molecule has 1 aromatic carbocycles. The van der Waals surface area contributed by atoms with Gasteiger partial charge in [0.15, 0.2) is 6.61 Å². The highest BCUT2D eigenvalue weighted by Crippen LogP contribution is 2.23. The molecular weight excluding hydrogens is 298 g/mol. The minimum absolute atomic E-state index is 0.160. The van der Waals surface area contributed by atoms with E-state index in [-0.39, 0.29) is 6.61 Å². The van der Waals surface area contributed by atoms with Crippen molar-refractivity contribution >= 4 is 5.91 Å². The van der Waals surface area contributed by atoms with Gasteiger partial charge in [0.2, 0.25) is 5.82 Å². The summed E-state index contributed by atoms with van der Waals surface area (Å²) in [6.45, 7) is 2.54. The molecule has 118 valence electrons. The van der Waals surface area contributed by atoms with Crippen LogP contribution in [0, 0.1) is 0 Å². The van der Waals surface area contributed by atoms with Gasteiger partial charge < -0.3 is 15.0 Å². The highest BCUT2D eigenvalue weighted by atomic mass is 16.5. The van der Waals surface area contributed by atoms with Crippen LogP contribution in [-0.2, 0) is 11.3 Å². The molecule has 0 bridgehead atoms. The molecule has 8 nitrogen and oxygen atoms in total. The Morgan fingerprint density at radius 2 is 2.09 bits per heavy atom. The van der Waals surface area contributed by atoms with Crippen molar-refractivity contribution in [3.63, 3.8) is 0 Å². The van der Waals surface area contributed by atoms with Gasteiger partial charge in [-0.05, 0) is 37.3 Å². The van der Waals surface area contributed by atoms with E-state index in [9.17, 15) is 4.79 Å². The lowest BCUT2D eigenvalue weighted by molar-refractivity contribution is -0.119. The summed E-state index contributed by atoms with van der Waals surface area (Å²) in [5.74, 6) is 0.892. The fraction of sp³-hybridized carbons (Fsp3) is 0.200. The van der Waals surface area contributed by atoms with Crippen LogP contribution in [0.5, 0.6) is 5.75 Å². The molecular formula is C15H15N5O3. The molecule has 0 aliphatic heterocycles. The second-order valence-corrected chi connectivity index (χ2v) is 4.73. The van der Waals surface area contributed by atoms with Crippen LogP contribution in [0.1, 0.15) is 6.92 Å². The van der Waals surface area contributed by atoms with Gasteiger partial charge in [-0.3, -0.25) is 9.48 Å². The second-order valence-electron chi connectivity index (χ2n) is 4.73. The van der Waals surface area contributed by atoms with Gasteiger partial charge in [0.1, 0.15) is 11.4 Å². The van der Waals surface area contributed by atoms with Gasteiger partial charge in [-0.1, -0.05) is 5.16 Å². The van der Waals surface area contributed by atoms with E-state index in [0.29, 0.717) is 24.0 Å². The number of hydrogen-bond acceptors (Lipinski definition) is 6. The summed E-state index contributed by atoms with van der Waals surface area (Å²) in [6, 6.07) is 8.81. The molecule has 0 radical (unpaired) electrons. The van der Waals surface area contributed by atoms with Crippen LogP contribution in [0.3, 0.4) is 0 Å². The molecule has 2 aromatic heterocycles. The first-order valence-electron chi connectivity index (χ1n) is 7.05. The summed E-state index contributed by atoms with van der Waals surface area (Å²) in [5.41, 5.74) is 6.57. The average Bonchev–Trinajstić information content (AvgIpc) is 3.21. The fourth-order valence-electron chi connectivity index (χ4n) is 2.07. The zero-order chi connectivity index (χ0) is 16.2. The number of hydrogen-bond donors (Lipinski definition) is 1. The quantitative estimate of drug-likeness (QED) is 0.738. The number of aromatic nitrogens is 4. The molecule has 0 spiro atoms. The van der Waals surface area contributed by atoms with Crippen molar-refractivity contribution in [3.8, 4) is 28.7 Å². The topological polar surface area (TPSA) is 109 Å². The maximum absolute atomic E-state index is 10.7. The van der Waals surface area contributed by atoms with E-state index in [2.05, 4.69) is 15.2 Å². The number of primary amides is 1. The first kappa shape index (κ1) is 14.8. The third-order valence-electron chi connectivity index (χ3n) is 3.15. The van der Waals surface area contributed by atoms with Crippen LogP contribution >= 0.6 is 0 Å². The molecule has 3 rings (SSSR count). The molecule has 2 N–H and O–H groups in total. The minimum atomic E-state index is -0.524. The monoisotopic (exact) mass is 313 g/mol. The van der Waals surface area contributed by atoms with Crippen LogP contribution in [0.2, 0.25) is 0 Å². The number of carbonyl (C=O) groups excluding carboxylic acids is 1. The van der Waals surface area contributed by atoms with Crippen LogP contribution in [0.25, 0.3) is 23.0 Å². The highest BCUT2D eigenvalue weighted by molar-refractivity contribution is 5.75. The Bertz CT molecular complexity index is 807. The van der Waals surface area contributed by atoms with Crippen molar-refractivity contribution in [2.24, 2.45) is 5.73 Å². The van der Waals surface area contributed by atoms with Gasteiger partial charge in [-0.25, -0.2) is 0 Å². The number of nitrogens with zero attached hydrogens (tertiary/aromatic N) is 4. The van der Waals surface area contributed by atoms with Crippen molar-refractivity contribution in [2.75, 3.05) is 6.61 Å². The van der Waals surface area contributed by atoms with Crippen molar-refractivity contribution in [3.05, 3.63) is 36.5 Å². The molecule has 0 saturated heterocycles. The van der Waals surface area contributed by atoms with Gasteiger partial charge in [0.25, 0.3) is 11.8 Å².